The van der Waals surface area contributed by atoms with E-state index in [1.54, 1.807) is 18.2 Å². The number of nitrogens with zero attached hydrogens (tertiary/aromatic N) is 2. The van der Waals surface area contributed by atoms with Gasteiger partial charge in [-0.05, 0) is 38.1 Å². The van der Waals surface area contributed by atoms with E-state index in [4.69, 9.17) is 11.6 Å². The first-order valence-electron chi connectivity index (χ1n) is 7.60. The zero-order valence-electron chi connectivity index (χ0n) is 13.8. The standard InChI is InChI=1S/C16H18ClN3O4S/c1-3-19(4-2)13-7-5-6-12(10-13)18-25(23,24)16-11-14(20(21)22)8-9-15(16)17/h5-11,18H,3-4H2,1-2H3. The minimum Gasteiger partial charge on any atom is -0.372 e. The largest absolute Gasteiger partial charge is 0.372 e. The third-order valence-electron chi connectivity index (χ3n) is 3.64. The summed E-state index contributed by atoms with van der Waals surface area (Å²) in [5.41, 5.74) is 0.879. The van der Waals surface area contributed by atoms with Crippen LogP contribution in [0.3, 0.4) is 0 Å². The van der Waals surface area contributed by atoms with Crippen LogP contribution in [0, 0.1) is 10.1 Å². The van der Waals surface area contributed by atoms with Crippen molar-refractivity contribution in [2.75, 3.05) is 22.7 Å². The molecular formula is C16H18ClN3O4S. The zero-order chi connectivity index (χ0) is 18.6. The fourth-order valence-electron chi connectivity index (χ4n) is 2.38. The molecular weight excluding hydrogens is 366 g/mol. The Morgan fingerprint density at radius 2 is 1.84 bits per heavy atom. The Kier molecular flexibility index (Phi) is 5.86. The molecule has 7 nitrogen and oxygen atoms in total. The summed E-state index contributed by atoms with van der Waals surface area (Å²) in [6.07, 6.45) is 0. The monoisotopic (exact) mass is 383 g/mol. The van der Waals surface area contributed by atoms with Crippen LogP contribution in [0.25, 0.3) is 0 Å². The third-order valence-corrected chi connectivity index (χ3v) is 5.50. The summed E-state index contributed by atoms with van der Waals surface area (Å²) in [7, 11) is -4.06. The summed E-state index contributed by atoms with van der Waals surface area (Å²) in [6.45, 7) is 5.57. The van der Waals surface area contributed by atoms with Crippen LogP contribution in [0.5, 0.6) is 0 Å². The second kappa shape index (κ2) is 7.71. The van der Waals surface area contributed by atoms with Crippen LogP contribution in [0.15, 0.2) is 47.4 Å². The number of nitro groups is 1. The van der Waals surface area contributed by atoms with Gasteiger partial charge in [0, 0.05) is 30.9 Å². The van der Waals surface area contributed by atoms with Crippen molar-refractivity contribution in [1.29, 1.82) is 0 Å². The zero-order valence-corrected chi connectivity index (χ0v) is 15.3. The van der Waals surface area contributed by atoms with Crippen molar-refractivity contribution in [2.45, 2.75) is 18.7 Å². The predicted octanol–water partition coefficient (Wildman–Crippen LogP) is 3.90. The maximum Gasteiger partial charge on any atom is 0.270 e. The molecule has 0 spiro atoms. The lowest BCUT2D eigenvalue weighted by atomic mass is 10.2. The number of non-ortho nitro benzene ring substituents is 1. The van der Waals surface area contributed by atoms with Crippen LogP contribution in [-0.2, 0) is 10.0 Å². The van der Waals surface area contributed by atoms with E-state index in [0.717, 1.165) is 30.9 Å². The Morgan fingerprint density at radius 1 is 1.16 bits per heavy atom. The van der Waals surface area contributed by atoms with Crippen LogP contribution in [0.1, 0.15) is 13.8 Å². The first kappa shape index (κ1) is 19.0. The summed E-state index contributed by atoms with van der Waals surface area (Å²) in [4.78, 5) is 11.9. The molecule has 2 aromatic rings. The van der Waals surface area contributed by atoms with E-state index >= 15 is 0 Å². The van der Waals surface area contributed by atoms with Crippen molar-refractivity contribution >= 4 is 38.7 Å². The number of nitro benzene ring substituents is 1. The highest BCUT2D eigenvalue weighted by molar-refractivity contribution is 7.92. The Labute approximate surface area is 151 Å². The molecule has 0 fully saturated rings. The van der Waals surface area contributed by atoms with Gasteiger partial charge in [0.2, 0.25) is 0 Å². The molecule has 0 atom stereocenters. The number of nitrogens with one attached hydrogen (secondary N) is 1. The maximum atomic E-state index is 12.6. The predicted molar refractivity (Wildman–Crippen MR) is 98.9 cm³/mol. The van der Waals surface area contributed by atoms with Gasteiger partial charge < -0.3 is 4.90 Å². The summed E-state index contributed by atoms with van der Waals surface area (Å²) in [6, 6.07) is 10.2. The summed E-state index contributed by atoms with van der Waals surface area (Å²) in [5.74, 6) is 0. The van der Waals surface area contributed by atoms with E-state index in [2.05, 4.69) is 9.62 Å². The van der Waals surface area contributed by atoms with E-state index in [1.165, 1.54) is 6.07 Å². The highest BCUT2D eigenvalue weighted by Gasteiger charge is 2.22. The first-order chi connectivity index (χ1) is 11.8. The molecule has 0 unspecified atom stereocenters. The van der Waals surface area contributed by atoms with Crippen LogP contribution in [0.4, 0.5) is 17.1 Å². The van der Waals surface area contributed by atoms with E-state index in [1.807, 2.05) is 19.9 Å². The molecule has 134 valence electrons. The Bertz CT molecular complexity index is 883. The van der Waals surface area contributed by atoms with Gasteiger partial charge in [0.1, 0.15) is 4.90 Å². The minimum atomic E-state index is -4.06. The van der Waals surface area contributed by atoms with Crippen molar-refractivity contribution in [3.63, 3.8) is 0 Å². The molecule has 0 aromatic heterocycles. The van der Waals surface area contributed by atoms with Crippen LogP contribution in [-0.4, -0.2) is 26.4 Å². The average Bonchev–Trinajstić information content (AvgIpc) is 2.56. The SMILES string of the molecule is CCN(CC)c1cccc(NS(=O)(=O)c2cc([N+](=O)[O-])ccc2Cl)c1. The van der Waals surface area contributed by atoms with E-state index < -0.39 is 14.9 Å². The molecule has 0 aliphatic heterocycles. The number of hydrogen-bond acceptors (Lipinski definition) is 5. The molecule has 0 saturated heterocycles. The van der Waals surface area contributed by atoms with Crippen LogP contribution < -0.4 is 9.62 Å². The number of sulfonamides is 1. The second-order valence-corrected chi connectivity index (χ2v) is 7.26. The van der Waals surface area contributed by atoms with Gasteiger partial charge in [-0.2, -0.15) is 0 Å². The molecule has 2 aromatic carbocycles. The lowest BCUT2D eigenvalue weighted by Gasteiger charge is -2.21. The van der Waals surface area contributed by atoms with E-state index in [0.29, 0.717) is 5.69 Å². The fourth-order valence-corrected chi connectivity index (χ4v) is 3.95. The van der Waals surface area contributed by atoms with Crippen LogP contribution >= 0.6 is 11.6 Å². The minimum absolute atomic E-state index is 0.0852. The molecule has 0 saturated carbocycles. The topological polar surface area (TPSA) is 92.6 Å². The van der Waals surface area contributed by atoms with Gasteiger partial charge in [-0.1, -0.05) is 17.7 Å². The molecule has 9 heteroatoms. The first-order valence-corrected chi connectivity index (χ1v) is 9.46. The average molecular weight is 384 g/mol. The van der Waals surface area contributed by atoms with E-state index in [9.17, 15) is 18.5 Å². The molecule has 1 N–H and O–H groups in total. The number of benzene rings is 2. The Balaban J connectivity index is 2.38. The molecule has 0 amide bonds. The number of rotatable bonds is 7. The molecule has 0 aliphatic carbocycles. The number of halogens is 1. The maximum absolute atomic E-state index is 12.6. The van der Waals surface area contributed by atoms with Gasteiger partial charge in [0.25, 0.3) is 15.7 Å². The fraction of sp³-hybridized carbons (Fsp3) is 0.250. The smallest absolute Gasteiger partial charge is 0.270 e. The highest BCUT2D eigenvalue weighted by Crippen LogP contribution is 2.28. The highest BCUT2D eigenvalue weighted by atomic mass is 35.5. The van der Waals surface area contributed by atoms with Gasteiger partial charge >= 0.3 is 0 Å². The quantitative estimate of drug-likeness (QED) is 0.578. The van der Waals surface area contributed by atoms with Crippen molar-refractivity contribution in [1.82, 2.24) is 0 Å². The van der Waals surface area contributed by atoms with Crippen molar-refractivity contribution < 1.29 is 13.3 Å². The third kappa shape index (κ3) is 4.40. The van der Waals surface area contributed by atoms with Crippen LogP contribution in [0.2, 0.25) is 5.02 Å². The number of hydrogen-bond donors (Lipinski definition) is 1. The molecule has 0 radical (unpaired) electrons. The Hall–Kier alpha value is -2.32. The number of anilines is 2. The Morgan fingerprint density at radius 3 is 2.44 bits per heavy atom. The van der Waals surface area contributed by atoms with Gasteiger partial charge in [-0.3, -0.25) is 14.8 Å². The molecule has 2 rings (SSSR count). The van der Waals surface area contributed by atoms with Gasteiger partial charge in [-0.15, -0.1) is 0 Å². The lowest BCUT2D eigenvalue weighted by molar-refractivity contribution is -0.385. The van der Waals surface area contributed by atoms with Gasteiger partial charge in [0.15, 0.2) is 0 Å². The summed E-state index contributed by atoms with van der Waals surface area (Å²) >= 11 is 5.93. The van der Waals surface area contributed by atoms with Crippen molar-refractivity contribution in [2.24, 2.45) is 0 Å². The van der Waals surface area contributed by atoms with Crippen molar-refractivity contribution in [3.8, 4) is 0 Å². The second-order valence-electron chi connectivity index (χ2n) is 5.20. The summed E-state index contributed by atoms with van der Waals surface area (Å²) in [5, 5.41) is 10.8. The molecule has 0 heterocycles. The van der Waals surface area contributed by atoms with Crippen molar-refractivity contribution in [3.05, 3.63) is 57.6 Å². The van der Waals surface area contributed by atoms with E-state index in [-0.39, 0.29) is 15.6 Å². The molecule has 0 aliphatic rings. The van der Waals surface area contributed by atoms with Gasteiger partial charge in [0.05, 0.1) is 15.6 Å². The molecule has 25 heavy (non-hydrogen) atoms. The lowest BCUT2D eigenvalue weighted by Crippen LogP contribution is -2.22. The normalized spacial score (nSPS) is 11.2. The molecule has 0 bridgehead atoms. The summed E-state index contributed by atoms with van der Waals surface area (Å²) < 4.78 is 27.6. The van der Waals surface area contributed by atoms with Gasteiger partial charge in [-0.25, -0.2) is 8.42 Å².